The van der Waals surface area contributed by atoms with E-state index in [1.807, 2.05) is 0 Å². The Bertz CT molecular complexity index is 587. The molecule has 0 aromatic rings. The Morgan fingerprint density at radius 2 is 1.18 bits per heavy atom. The molecule has 0 aromatic carbocycles. The zero-order valence-electron chi connectivity index (χ0n) is 26.3. The van der Waals surface area contributed by atoms with Crippen LogP contribution in [0.2, 0.25) is 0 Å². The van der Waals surface area contributed by atoms with Gasteiger partial charge in [0.15, 0.2) is 0 Å². The zero-order valence-corrected chi connectivity index (χ0v) is 26.3. The Hall–Kier alpha value is -0.0400. The lowest BCUT2D eigenvalue weighted by atomic mass is 9.53. The van der Waals surface area contributed by atoms with Gasteiger partial charge in [0.05, 0.1) is 0 Å². The van der Waals surface area contributed by atoms with Crippen molar-refractivity contribution in [3.05, 3.63) is 0 Å². The second kappa shape index (κ2) is 12.0. The first-order chi connectivity index (χ1) is 15.4. The first-order valence-electron chi connectivity index (χ1n) is 15.1. The van der Waals surface area contributed by atoms with Crippen LogP contribution >= 0.6 is 0 Å². The summed E-state index contributed by atoms with van der Waals surface area (Å²) in [6, 6.07) is 0.298. The smallest absolute Gasteiger partial charge is 0.00877 e. The minimum absolute atomic E-state index is 0.213. The van der Waals surface area contributed by atoms with Crippen molar-refractivity contribution in [1.29, 1.82) is 0 Å². The normalized spacial score (nSPS) is 28.0. The molecule has 0 heterocycles. The minimum Gasteiger partial charge on any atom is -0.327 e. The number of hydrogen-bond donors (Lipinski definition) is 1. The Labute approximate surface area is 217 Å². The van der Waals surface area contributed by atoms with Crippen LogP contribution in [0.15, 0.2) is 0 Å². The lowest BCUT2D eigenvalue weighted by Crippen LogP contribution is -2.46. The van der Waals surface area contributed by atoms with Gasteiger partial charge in [0.1, 0.15) is 0 Å². The molecular weight excluding hydrogens is 410 g/mol. The molecule has 1 aliphatic rings. The van der Waals surface area contributed by atoms with Gasteiger partial charge in [-0.25, -0.2) is 0 Å². The fourth-order valence-electron chi connectivity index (χ4n) is 9.09. The van der Waals surface area contributed by atoms with Crippen molar-refractivity contribution >= 4 is 0 Å². The third kappa shape index (κ3) is 7.98. The molecule has 1 nitrogen and oxygen atoms in total. The van der Waals surface area contributed by atoms with Crippen molar-refractivity contribution in [3.8, 4) is 0 Å². The first-order valence-corrected chi connectivity index (χ1v) is 15.1. The van der Waals surface area contributed by atoms with Gasteiger partial charge in [-0.15, -0.1) is 0 Å². The van der Waals surface area contributed by atoms with Crippen LogP contribution in [0.4, 0.5) is 0 Å². The van der Waals surface area contributed by atoms with Crippen LogP contribution < -0.4 is 5.73 Å². The quantitative estimate of drug-likeness (QED) is 0.314. The average molecular weight is 478 g/mol. The molecule has 204 valence electrons. The first kappa shape index (κ1) is 32.0. The summed E-state index contributed by atoms with van der Waals surface area (Å²) in [6.07, 6.45) is 10.5. The van der Waals surface area contributed by atoms with Gasteiger partial charge < -0.3 is 5.73 Å². The maximum Gasteiger partial charge on any atom is 0.00877 e. The van der Waals surface area contributed by atoms with E-state index >= 15 is 0 Å². The highest BCUT2D eigenvalue weighted by molar-refractivity contribution is 4.97. The number of hydrogen-bond acceptors (Lipinski definition) is 1. The van der Waals surface area contributed by atoms with Crippen molar-refractivity contribution in [1.82, 2.24) is 0 Å². The SMILES string of the molecule is CCC1CC(C(CC)C(C)(C)C)CC(CC(C)(C)C(CC)C(C)(C)C)C1CC(C)(C)[C@H](N)CC. The van der Waals surface area contributed by atoms with E-state index in [0.717, 1.165) is 41.9 Å². The van der Waals surface area contributed by atoms with E-state index in [9.17, 15) is 0 Å². The molecule has 0 aromatic heterocycles. The predicted molar refractivity (Wildman–Crippen MR) is 155 cm³/mol. The third-order valence-corrected chi connectivity index (χ3v) is 10.5. The van der Waals surface area contributed by atoms with Gasteiger partial charge in [0, 0.05) is 6.04 Å². The zero-order chi connectivity index (χ0) is 26.7. The van der Waals surface area contributed by atoms with E-state index in [4.69, 9.17) is 5.73 Å². The van der Waals surface area contributed by atoms with E-state index in [-0.39, 0.29) is 5.41 Å². The van der Waals surface area contributed by atoms with E-state index in [2.05, 4.69) is 96.9 Å². The Morgan fingerprint density at radius 3 is 1.56 bits per heavy atom. The molecule has 2 N–H and O–H groups in total. The summed E-state index contributed by atoms with van der Waals surface area (Å²) in [4.78, 5) is 0. The molecule has 1 heteroatoms. The molecule has 1 saturated carbocycles. The average Bonchev–Trinajstić information content (AvgIpc) is 2.66. The molecular formula is C33H67N. The van der Waals surface area contributed by atoms with Gasteiger partial charge in [0.2, 0.25) is 0 Å². The highest BCUT2D eigenvalue weighted by Gasteiger charge is 2.47. The van der Waals surface area contributed by atoms with Crippen LogP contribution in [-0.2, 0) is 0 Å². The van der Waals surface area contributed by atoms with Crippen LogP contribution in [0.5, 0.6) is 0 Å². The van der Waals surface area contributed by atoms with Crippen LogP contribution in [0.1, 0.15) is 148 Å². The van der Waals surface area contributed by atoms with Crippen LogP contribution in [0, 0.1) is 57.2 Å². The monoisotopic (exact) mass is 478 g/mol. The minimum atomic E-state index is 0.213. The van der Waals surface area contributed by atoms with Crippen LogP contribution in [0.25, 0.3) is 0 Å². The molecule has 0 radical (unpaired) electrons. The summed E-state index contributed by atoms with van der Waals surface area (Å²) in [6.45, 7) is 34.6. The van der Waals surface area contributed by atoms with Crippen molar-refractivity contribution in [2.45, 2.75) is 154 Å². The lowest BCUT2D eigenvalue weighted by molar-refractivity contribution is -0.0267. The maximum absolute atomic E-state index is 6.71. The summed E-state index contributed by atoms with van der Waals surface area (Å²) < 4.78 is 0. The van der Waals surface area contributed by atoms with Crippen molar-refractivity contribution < 1.29 is 0 Å². The number of nitrogens with two attached hydrogens (primary N) is 1. The summed E-state index contributed by atoms with van der Waals surface area (Å²) >= 11 is 0. The topological polar surface area (TPSA) is 26.0 Å². The Kier molecular flexibility index (Phi) is 11.3. The summed E-state index contributed by atoms with van der Waals surface area (Å²) in [5.74, 6) is 4.90. The molecule has 0 aliphatic heterocycles. The summed E-state index contributed by atoms with van der Waals surface area (Å²) in [5, 5.41) is 0. The molecule has 1 rings (SSSR count). The van der Waals surface area contributed by atoms with Crippen molar-refractivity contribution in [3.63, 3.8) is 0 Å². The standard InChI is InChI=1S/C33H67N/c1-15-23-19-24(27(16-2)30(5,6)7)20-25(26(23)22-33(13,14)29(34)18-4)21-32(11,12)28(17-3)31(8,9)10/h23-29H,15-22,34H2,1-14H3/t23?,24?,25?,26?,27?,28?,29-/m1/s1. The van der Waals surface area contributed by atoms with Gasteiger partial charge in [-0.2, -0.15) is 0 Å². The predicted octanol–water partition coefficient (Wildman–Crippen LogP) is 10.4. The molecule has 0 amide bonds. The third-order valence-electron chi connectivity index (χ3n) is 10.5. The van der Waals surface area contributed by atoms with E-state index < -0.39 is 0 Å². The van der Waals surface area contributed by atoms with Crippen LogP contribution in [0.3, 0.4) is 0 Å². The van der Waals surface area contributed by atoms with Gasteiger partial charge in [-0.3, -0.25) is 0 Å². The largest absolute Gasteiger partial charge is 0.327 e. The van der Waals surface area contributed by atoms with E-state index in [1.54, 1.807) is 0 Å². The van der Waals surface area contributed by atoms with E-state index in [0.29, 0.717) is 22.3 Å². The number of rotatable bonds is 11. The maximum atomic E-state index is 6.71. The molecule has 7 atom stereocenters. The van der Waals surface area contributed by atoms with Crippen LogP contribution in [-0.4, -0.2) is 6.04 Å². The highest BCUT2D eigenvalue weighted by Crippen LogP contribution is 2.55. The molecule has 0 spiro atoms. The fourth-order valence-corrected chi connectivity index (χ4v) is 9.09. The molecule has 34 heavy (non-hydrogen) atoms. The molecule has 6 unspecified atom stereocenters. The molecule has 0 bridgehead atoms. The lowest BCUT2D eigenvalue weighted by Gasteiger charge is -2.53. The van der Waals surface area contributed by atoms with Gasteiger partial charge >= 0.3 is 0 Å². The van der Waals surface area contributed by atoms with Crippen molar-refractivity contribution in [2.75, 3.05) is 0 Å². The molecule has 1 aliphatic carbocycles. The molecule has 1 fully saturated rings. The Balaban J connectivity index is 3.44. The Morgan fingerprint density at radius 1 is 0.647 bits per heavy atom. The van der Waals surface area contributed by atoms with Gasteiger partial charge in [-0.1, -0.05) is 116 Å². The second-order valence-electron chi connectivity index (χ2n) is 15.9. The summed E-state index contributed by atoms with van der Waals surface area (Å²) in [7, 11) is 0. The van der Waals surface area contributed by atoms with Crippen molar-refractivity contribution in [2.24, 2.45) is 62.9 Å². The summed E-state index contributed by atoms with van der Waals surface area (Å²) in [5.41, 5.74) is 8.03. The molecule has 0 saturated heterocycles. The highest BCUT2D eigenvalue weighted by atomic mass is 14.7. The van der Waals surface area contributed by atoms with Gasteiger partial charge in [0.25, 0.3) is 0 Å². The van der Waals surface area contributed by atoms with Gasteiger partial charge in [-0.05, 0) is 89.3 Å². The second-order valence-corrected chi connectivity index (χ2v) is 15.9. The fraction of sp³-hybridized carbons (Fsp3) is 1.00. The van der Waals surface area contributed by atoms with E-state index in [1.165, 1.54) is 44.9 Å².